The molecule has 24 heavy (non-hydrogen) atoms. The van der Waals surface area contributed by atoms with Crippen molar-refractivity contribution in [1.29, 1.82) is 0 Å². The topological polar surface area (TPSA) is 48.4 Å². The fourth-order valence-corrected chi connectivity index (χ4v) is 2.74. The Bertz CT molecular complexity index is 908. The van der Waals surface area contributed by atoms with Gasteiger partial charge >= 0.3 is 0 Å². The highest BCUT2D eigenvalue weighted by Crippen LogP contribution is 2.31. The molecule has 0 aliphatic heterocycles. The third-order valence-electron chi connectivity index (χ3n) is 3.83. The lowest BCUT2D eigenvalue weighted by atomic mass is 10.1. The van der Waals surface area contributed by atoms with Crippen molar-refractivity contribution in [2.75, 3.05) is 7.11 Å². The van der Waals surface area contributed by atoms with Crippen LogP contribution in [0, 0.1) is 6.92 Å². The number of aromatic nitrogens is 1. The maximum atomic E-state index is 10.9. The highest BCUT2D eigenvalue weighted by molar-refractivity contribution is 6.32. The van der Waals surface area contributed by atoms with Crippen LogP contribution >= 0.6 is 11.6 Å². The van der Waals surface area contributed by atoms with Crippen LogP contribution in [-0.4, -0.2) is 18.4 Å². The monoisotopic (exact) mass is 341 g/mol. The highest BCUT2D eigenvalue weighted by Gasteiger charge is 2.12. The van der Waals surface area contributed by atoms with Crippen LogP contribution in [0.25, 0.3) is 10.9 Å². The fraction of sp³-hybridized carbons (Fsp3) is 0.158. The summed E-state index contributed by atoms with van der Waals surface area (Å²) in [5.41, 5.74) is 2.99. The zero-order valence-electron chi connectivity index (χ0n) is 13.4. The Kier molecular flexibility index (Phi) is 4.67. The molecule has 2 aromatic carbocycles. The van der Waals surface area contributed by atoms with E-state index in [4.69, 9.17) is 21.1 Å². The summed E-state index contributed by atoms with van der Waals surface area (Å²) in [5, 5.41) is 1.60. The minimum Gasteiger partial charge on any atom is -0.493 e. The van der Waals surface area contributed by atoms with Crippen LogP contribution in [0.15, 0.2) is 42.5 Å². The van der Waals surface area contributed by atoms with Gasteiger partial charge in [0.15, 0.2) is 11.5 Å². The van der Waals surface area contributed by atoms with Gasteiger partial charge in [-0.1, -0.05) is 29.8 Å². The summed E-state index contributed by atoms with van der Waals surface area (Å²) in [5.74, 6) is 1.03. The smallest absolute Gasteiger partial charge is 0.162 e. The summed E-state index contributed by atoms with van der Waals surface area (Å²) < 4.78 is 11.1. The molecule has 0 saturated carbocycles. The molecule has 0 fully saturated rings. The van der Waals surface area contributed by atoms with Crippen molar-refractivity contribution in [3.05, 3.63) is 64.3 Å². The van der Waals surface area contributed by atoms with Crippen molar-refractivity contribution in [2.24, 2.45) is 0 Å². The van der Waals surface area contributed by atoms with Crippen molar-refractivity contribution in [2.45, 2.75) is 13.5 Å². The van der Waals surface area contributed by atoms with Crippen LogP contribution in [0.5, 0.6) is 11.5 Å². The van der Waals surface area contributed by atoms with Gasteiger partial charge in [-0.15, -0.1) is 0 Å². The first-order valence-corrected chi connectivity index (χ1v) is 7.81. The van der Waals surface area contributed by atoms with Gasteiger partial charge in [-0.3, -0.25) is 4.79 Å². The lowest BCUT2D eigenvalue weighted by Gasteiger charge is -2.13. The lowest BCUT2D eigenvalue weighted by Crippen LogP contribution is -2.03. The van der Waals surface area contributed by atoms with Crippen LogP contribution < -0.4 is 9.47 Å². The molecule has 0 amide bonds. The van der Waals surface area contributed by atoms with Gasteiger partial charge < -0.3 is 9.47 Å². The number of aryl methyl sites for hydroxylation is 1. The summed E-state index contributed by atoms with van der Waals surface area (Å²) in [6.07, 6.45) is 0.762. The molecule has 0 aliphatic rings. The molecule has 0 unspecified atom stereocenters. The summed E-state index contributed by atoms with van der Waals surface area (Å²) in [6, 6.07) is 12.8. The van der Waals surface area contributed by atoms with Crippen molar-refractivity contribution < 1.29 is 14.3 Å². The number of carbonyl (C=O) groups excluding carboxylic acids is 1. The molecular weight excluding hydrogens is 326 g/mol. The van der Waals surface area contributed by atoms with Crippen LogP contribution in [-0.2, 0) is 6.61 Å². The molecule has 0 spiro atoms. The summed E-state index contributed by atoms with van der Waals surface area (Å²) in [4.78, 5) is 15.5. The molecule has 0 atom stereocenters. The van der Waals surface area contributed by atoms with Gasteiger partial charge in [-0.2, -0.15) is 0 Å². The molecule has 0 saturated heterocycles. The summed E-state index contributed by atoms with van der Waals surface area (Å²) in [6.45, 7) is 2.15. The molecule has 1 heterocycles. The number of carbonyl (C=O) groups is 1. The Morgan fingerprint density at radius 1 is 1.17 bits per heavy atom. The maximum Gasteiger partial charge on any atom is 0.162 e. The molecule has 5 heteroatoms. The lowest BCUT2D eigenvalue weighted by molar-refractivity contribution is 0.112. The van der Waals surface area contributed by atoms with E-state index in [2.05, 4.69) is 4.98 Å². The number of benzene rings is 2. The SMILES string of the molecule is COc1ccc(C=O)cc1OCc1nc2ccccc2c(C)c1Cl. The van der Waals surface area contributed by atoms with Crippen molar-refractivity contribution in [1.82, 2.24) is 4.98 Å². The van der Waals surface area contributed by atoms with E-state index in [9.17, 15) is 4.79 Å². The van der Waals surface area contributed by atoms with Gasteiger partial charge in [0.05, 0.1) is 23.3 Å². The number of hydrogen-bond acceptors (Lipinski definition) is 4. The quantitative estimate of drug-likeness (QED) is 0.636. The van der Waals surface area contributed by atoms with E-state index in [-0.39, 0.29) is 6.61 Å². The highest BCUT2D eigenvalue weighted by atomic mass is 35.5. The molecular formula is C19H16ClNO3. The third kappa shape index (κ3) is 3.05. The number of fused-ring (bicyclic) bond motifs is 1. The van der Waals surface area contributed by atoms with Gasteiger partial charge in [0.2, 0.25) is 0 Å². The molecule has 3 rings (SSSR count). The predicted molar refractivity (Wildman–Crippen MR) is 94.2 cm³/mol. The van der Waals surface area contributed by atoms with Crippen LogP contribution in [0.1, 0.15) is 21.6 Å². The second-order valence-electron chi connectivity index (χ2n) is 5.33. The number of nitrogens with zero attached hydrogens (tertiary/aromatic N) is 1. The van der Waals surface area contributed by atoms with E-state index in [0.29, 0.717) is 27.8 Å². The number of hydrogen-bond donors (Lipinski definition) is 0. The number of pyridine rings is 1. The number of methoxy groups -OCH3 is 1. The Morgan fingerprint density at radius 3 is 2.71 bits per heavy atom. The Hall–Kier alpha value is -2.59. The van der Waals surface area contributed by atoms with Gasteiger partial charge in [-0.25, -0.2) is 4.98 Å². The number of rotatable bonds is 5. The number of aldehydes is 1. The van der Waals surface area contributed by atoms with E-state index < -0.39 is 0 Å². The molecule has 3 aromatic rings. The molecule has 122 valence electrons. The van der Waals surface area contributed by atoms with Crippen LogP contribution in [0.4, 0.5) is 0 Å². The van der Waals surface area contributed by atoms with E-state index in [1.165, 1.54) is 0 Å². The van der Waals surface area contributed by atoms with Crippen molar-refractivity contribution in [3.8, 4) is 11.5 Å². The maximum absolute atomic E-state index is 10.9. The predicted octanol–water partition coefficient (Wildman–Crippen LogP) is 4.60. The zero-order chi connectivity index (χ0) is 17.1. The molecule has 1 aromatic heterocycles. The Morgan fingerprint density at radius 2 is 1.96 bits per heavy atom. The van der Waals surface area contributed by atoms with Gasteiger partial charge in [-0.05, 0) is 36.8 Å². The van der Waals surface area contributed by atoms with E-state index in [1.807, 2.05) is 31.2 Å². The Labute approximate surface area is 145 Å². The number of ether oxygens (including phenoxy) is 2. The van der Waals surface area contributed by atoms with E-state index >= 15 is 0 Å². The molecule has 0 N–H and O–H groups in total. The van der Waals surface area contributed by atoms with Gasteiger partial charge in [0.25, 0.3) is 0 Å². The fourth-order valence-electron chi connectivity index (χ4n) is 2.54. The summed E-state index contributed by atoms with van der Waals surface area (Å²) >= 11 is 6.44. The zero-order valence-corrected chi connectivity index (χ0v) is 14.1. The second kappa shape index (κ2) is 6.89. The largest absolute Gasteiger partial charge is 0.493 e. The average Bonchev–Trinajstić information content (AvgIpc) is 2.63. The van der Waals surface area contributed by atoms with Crippen molar-refractivity contribution in [3.63, 3.8) is 0 Å². The number of halogens is 1. The third-order valence-corrected chi connectivity index (χ3v) is 4.34. The van der Waals surface area contributed by atoms with Crippen LogP contribution in [0.2, 0.25) is 5.02 Å². The first-order valence-electron chi connectivity index (χ1n) is 7.43. The van der Waals surface area contributed by atoms with Crippen molar-refractivity contribution >= 4 is 28.8 Å². The number of para-hydroxylation sites is 1. The first kappa shape index (κ1) is 16.3. The standard InChI is InChI=1S/C19H16ClNO3/c1-12-14-5-3-4-6-15(14)21-16(19(12)20)11-24-18-9-13(10-22)7-8-17(18)23-2/h3-10H,11H2,1-2H3. The second-order valence-corrected chi connectivity index (χ2v) is 5.71. The van der Waals surface area contributed by atoms with Gasteiger partial charge in [0, 0.05) is 10.9 Å². The average molecular weight is 342 g/mol. The summed E-state index contributed by atoms with van der Waals surface area (Å²) in [7, 11) is 1.55. The van der Waals surface area contributed by atoms with Crippen LogP contribution in [0.3, 0.4) is 0 Å². The van der Waals surface area contributed by atoms with E-state index in [0.717, 1.165) is 22.8 Å². The molecule has 0 radical (unpaired) electrons. The minimum atomic E-state index is 0.184. The molecule has 4 nitrogen and oxygen atoms in total. The molecule has 0 aliphatic carbocycles. The van der Waals surface area contributed by atoms with Gasteiger partial charge in [0.1, 0.15) is 12.9 Å². The normalized spacial score (nSPS) is 10.6. The Balaban J connectivity index is 1.94. The molecule has 0 bridgehead atoms. The first-order chi connectivity index (χ1) is 11.6. The van der Waals surface area contributed by atoms with E-state index in [1.54, 1.807) is 25.3 Å². The minimum absolute atomic E-state index is 0.184.